The third-order valence-corrected chi connectivity index (χ3v) is 3.65. The first-order valence-electron chi connectivity index (χ1n) is 7.44. The average molecular weight is 300 g/mol. The van der Waals surface area contributed by atoms with Gasteiger partial charge in [0.05, 0.1) is 11.9 Å². The van der Waals surface area contributed by atoms with Crippen molar-refractivity contribution in [3.05, 3.63) is 59.9 Å². The van der Waals surface area contributed by atoms with E-state index in [9.17, 15) is 5.11 Å². The van der Waals surface area contributed by atoms with Crippen molar-refractivity contribution in [2.24, 2.45) is 11.1 Å². The van der Waals surface area contributed by atoms with Crippen LogP contribution >= 0.6 is 0 Å². The number of hydrogen-bond acceptors (Lipinski definition) is 4. The van der Waals surface area contributed by atoms with Crippen LogP contribution in [0.15, 0.2) is 48.7 Å². The summed E-state index contributed by atoms with van der Waals surface area (Å²) in [6.07, 6.45) is 0.833. The van der Waals surface area contributed by atoms with E-state index in [4.69, 9.17) is 10.5 Å². The molecule has 1 aromatic carbocycles. The molecule has 3 N–H and O–H groups in total. The van der Waals surface area contributed by atoms with Crippen LogP contribution in [-0.4, -0.2) is 16.1 Å². The molecule has 0 spiro atoms. The maximum absolute atomic E-state index is 10.3. The summed E-state index contributed by atoms with van der Waals surface area (Å²) in [5, 5.41) is 10.3. The Morgan fingerprint density at radius 3 is 2.36 bits per heavy atom. The van der Waals surface area contributed by atoms with Gasteiger partial charge in [0.25, 0.3) is 0 Å². The van der Waals surface area contributed by atoms with Gasteiger partial charge in [-0.05, 0) is 23.1 Å². The lowest BCUT2D eigenvalue weighted by atomic mass is 9.83. The number of hydrogen-bond donors (Lipinski definition) is 2. The van der Waals surface area contributed by atoms with Crippen molar-refractivity contribution < 1.29 is 9.84 Å². The first-order valence-corrected chi connectivity index (χ1v) is 7.44. The van der Waals surface area contributed by atoms with Crippen LogP contribution in [0, 0.1) is 5.41 Å². The number of benzene rings is 1. The summed E-state index contributed by atoms with van der Waals surface area (Å²) < 4.78 is 5.68. The number of pyridine rings is 1. The Bertz CT molecular complexity index is 576. The molecule has 1 aromatic heterocycles. The minimum absolute atomic E-state index is 0.191. The van der Waals surface area contributed by atoms with Gasteiger partial charge in [-0.1, -0.05) is 51.1 Å². The molecule has 0 amide bonds. The lowest BCUT2D eigenvalue weighted by Crippen LogP contribution is -2.40. The molecule has 22 heavy (non-hydrogen) atoms. The fourth-order valence-corrected chi connectivity index (χ4v) is 2.05. The van der Waals surface area contributed by atoms with Crippen LogP contribution in [-0.2, 0) is 6.61 Å². The quantitative estimate of drug-likeness (QED) is 0.890. The summed E-state index contributed by atoms with van der Waals surface area (Å²) in [6.45, 7) is 6.49. The van der Waals surface area contributed by atoms with Crippen LogP contribution in [0.25, 0.3) is 0 Å². The molecule has 0 saturated carbocycles. The van der Waals surface area contributed by atoms with Gasteiger partial charge in [-0.3, -0.25) is 4.98 Å². The number of aliphatic hydroxyl groups excluding tert-OH is 1. The molecule has 0 radical (unpaired) electrons. The summed E-state index contributed by atoms with van der Waals surface area (Å²) in [7, 11) is 0. The molecule has 0 aliphatic carbocycles. The Labute approximate surface area is 132 Å². The van der Waals surface area contributed by atoms with E-state index in [2.05, 4.69) is 4.98 Å². The van der Waals surface area contributed by atoms with Crippen molar-refractivity contribution in [3.8, 4) is 5.75 Å². The van der Waals surface area contributed by atoms with Crippen LogP contribution < -0.4 is 10.5 Å². The zero-order valence-electron chi connectivity index (χ0n) is 13.4. The third kappa shape index (κ3) is 4.29. The highest BCUT2D eigenvalue weighted by molar-refractivity contribution is 5.23. The van der Waals surface area contributed by atoms with Crippen LogP contribution in [0.2, 0.25) is 0 Å². The van der Waals surface area contributed by atoms with E-state index in [-0.39, 0.29) is 11.5 Å². The SMILES string of the molecule is CC(C)(C)C(N)C(O)c1ccc(OCc2ccccc2)cn1. The highest BCUT2D eigenvalue weighted by atomic mass is 16.5. The van der Waals surface area contributed by atoms with E-state index >= 15 is 0 Å². The largest absolute Gasteiger partial charge is 0.487 e. The van der Waals surface area contributed by atoms with E-state index in [0.717, 1.165) is 5.56 Å². The minimum atomic E-state index is -0.789. The second kappa shape index (κ2) is 6.90. The summed E-state index contributed by atoms with van der Waals surface area (Å²) in [4.78, 5) is 4.27. The molecule has 2 atom stereocenters. The molecule has 2 aromatic rings. The Kier molecular flexibility index (Phi) is 5.16. The van der Waals surface area contributed by atoms with Gasteiger partial charge in [-0.25, -0.2) is 0 Å². The molecule has 2 rings (SSSR count). The molecular formula is C18H24N2O2. The summed E-state index contributed by atoms with van der Waals surface area (Å²) in [6, 6.07) is 13.1. The molecule has 0 fully saturated rings. The van der Waals surface area contributed by atoms with Crippen LogP contribution in [0.5, 0.6) is 5.75 Å². The van der Waals surface area contributed by atoms with E-state index in [0.29, 0.717) is 18.1 Å². The molecule has 118 valence electrons. The van der Waals surface area contributed by atoms with E-state index in [1.165, 1.54) is 0 Å². The molecule has 0 saturated heterocycles. The maximum atomic E-state index is 10.3. The second-order valence-electron chi connectivity index (χ2n) is 6.53. The van der Waals surface area contributed by atoms with Gasteiger partial charge in [0, 0.05) is 6.04 Å². The summed E-state index contributed by atoms with van der Waals surface area (Å²) in [5.41, 5.74) is 7.55. The Hall–Kier alpha value is -1.91. The monoisotopic (exact) mass is 300 g/mol. The fourth-order valence-electron chi connectivity index (χ4n) is 2.05. The summed E-state index contributed by atoms with van der Waals surface area (Å²) in [5.74, 6) is 0.670. The zero-order chi connectivity index (χ0) is 16.2. The number of aromatic nitrogens is 1. The van der Waals surface area contributed by atoms with Crippen LogP contribution in [0.3, 0.4) is 0 Å². The third-order valence-electron chi connectivity index (χ3n) is 3.65. The van der Waals surface area contributed by atoms with Gasteiger partial charge < -0.3 is 15.6 Å². The molecule has 1 heterocycles. The fraction of sp³-hybridized carbons (Fsp3) is 0.389. The zero-order valence-corrected chi connectivity index (χ0v) is 13.4. The Morgan fingerprint density at radius 2 is 1.82 bits per heavy atom. The number of nitrogens with two attached hydrogens (primary N) is 1. The van der Waals surface area contributed by atoms with Crippen LogP contribution in [0.4, 0.5) is 0 Å². The highest BCUT2D eigenvalue weighted by Crippen LogP contribution is 2.28. The highest BCUT2D eigenvalue weighted by Gasteiger charge is 2.29. The number of ether oxygens (including phenoxy) is 1. The van der Waals surface area contributed by atoms with Gasteiger partial charge >= 0.3 is 0 Å². The van der Waals surface area contributed by atoms with Crippen molar-refractivity contribution in [2.75, 3.05) is 0 Å². The first kappa shape index (κ1) is 16.5. The van der Waals surface area contributed by atoms with Gasteiger partial charge in [0.15, 0.2) is 0 Å². The minimum Gasteiger partial charge on any atom is -0.487 e. The van der Waals surface area contributed by atoms with Gasteiger partial charge in [0.1, 0.15) is 18.5 Å². The normalized spacial score (nSPS) is 14.4. The van der Waals surface area contributed by atoms with E-state index < -0.39 is 6.10 Å². The number of rotatable bonds is 5. The predicted molar refractivity (Wildman–Crippen MR) is 87.4 cm³/mol. The van der Waals surface area contributed by atoms with Gasteiger partial charge in [-0.15, -0.1) is 0 Å². The standard InChI is InChI=1S/C18H24N2O2/c1-18(2,3)17(19)16(21)15-10-9-14(11-20-15)22-12-13-7-5-4-6-8-13/h4-11,16-17,21H,12,19H2,1-3H3. The first-order chi connectivity index (χ1) is 10.4. The molecule has 0 aliphatic rings. The lowest BCUT2D eigenvalue weighted by molar-refractivity contribution is 0.0890. The molecule has 4 nitrogen and oxygen atoms in total. The van der Waals surface area contributed by atoms with Crippen LogP contribution in [0.1, 0.15) is 38.1 Å². The predicted octanol–water partition coefficient (Wildman–Crippen LogP) is 3.07. The van der Waals surface area contributed by atoms with Crippen molar-refractivity contribution in [1.29, 1.82) is 0 Å². The maximum Gasteiger partial charge on any atom is 0.138 e. The van der Waals surface area contributed by atoms with Crippen molar-refractivity contribution in [2.45, 2.75) is 39.5 Å². The number of aliphatic hydroxyl groups is 1. The van der Waals surface area contributed by atoms with Crippen molar-refractivity contribution in [3.63, 3.8) is 0 Å². The average Bonchev–Trinajstić information content (AvgIpc) is 2.52. The lowest BCUT2D eigenvalue weighted by Gasteiger charge is -2.30. The Morgan fingerprint density at radius 1 is 1.14 bits per heavy atom. The van der Waals surface area contributed by atoms with Gasteiger partial charge in [0.2, 0.25) is 0 Å². The summed E-state index contributed by atoms with van der Waals surface area (Å²) >= 11 is 0. The number of nitrogens with zero attached hydrogens (tertiary/aromatic N) is 1. The molecular weight excluding hydrogens is 276 g/mol. The molecule has 0 bridgehead atoms. The Balaban J connectivity index is 1.98. The van der Waals surface area contributed by atoms with Crippen molar-refractivity contribution >= 4 is 0 Å². The van der Waals surface area contributed by atoms with E-state index in [1.807, 2.05) is 57.2 Å². The second-order valence-corrected chi connectivity index (χ2v) is 6.53. The van der Waals surface area contributed by atoms with E-state index in [1.54, 1.807) is 12.3 Å². The van der Waals surface area contributed by atoms with Gasteiger partial charge in [-0.2, -0.15) is 0 Å². The molecule has 2 unspecified atom stereocenters. The molecule has 0 aliphatic heterocycles. The molecule has 4 heteroatoms. The topological polar surface area (TPSA) is 68.4 Å². The van der Waals surface area contributed by atoms with Crippen molar-refractivity contribution in [1.82, 2.24) is 4.98 Å². The smallest absolute Gasteiger partial charge is 0.138 e.